The highest BCUT2D eigenvalue weighted by Gasteiger charge is 2.48. The highest BCUT2D eigenvalue weighted by atomic mass is 16.7. The average Bonchev–Trinajstić information content (AvgIpc) is 2.87. The smallest absolute Gasteiger partial charge is 0.410 e. The van der Waals surface area contributed by atoms with Crippen LogP contribution in [0.1, 0.15) is 36.7 Å². The summed E-state index contributed by atoms with van der Waals surface area (Å²) in [5, 5.41) is 39.4. The second kappa shape index (κ2) is 11.9. The molecule has 204 valence electrons. The first-order valence-electron chi connectivity index (χ1n) is 11.8. The number of amides is 2. The number of nitrogens with zero attached hydrogens (tertiary/aromatic N) is 2. The summed E-state index contributed by atoms with van der Waals surface area (Å²) in [4.78, 5) is 51.3. The number of Topliss-reactive ketones (excluding diaryl/α,β-unsaturated/α-hetero) is 1. The summed E-state index contributed by atoms with van der Waals surface area (Å²) in [6.07, 6.45) is -9.64. The number of carboxylic acids is 1. The normalized spacial score (nSPS) is 26.1. The van der Waals surface area contributed by atoms with Crippen LogP contribution in [0.5, 0.6) is 5.75 Å². The zero-order valence-electron chi connectivity index (χ0n) is 20.8. The zero-order chi connectivity index (χ0) is 27.4. The van der Waals surface area contributed by atoms with Gasteiger partial charge >= 0.3 is 12.1 Å². The Morgan fingerprint density at radius 1 is 1.00 bits per heavy atom. The Morgan fingerprint density at radius 2 is 1.62 bits per heavy atom. The number of carboxylic acid groups (broad SMARTS) is 1. The molecule has 13 heteroatoms. The molecular weight excluding hydrogens is 492 g/mol. The van der Waals surface area contributed by atoms with Gasteiger partial charge < -0.3 is 44.4 Å². The summed E-state index contributed by atoms with van der Waals surface area (Å²) in [6, 6.07) is 4.35. The van der Waals surface area contributed by atoms with E-state index in [1.807, 2.05) is 0 Å². The van der Waals surface area contributed by atoms with Crippen molar-refractivity contribution in [2.45, 2.75) is 58.1 Å². The van der Waals surface area contributed by atoms with E-state index in [2.05, 4.69) is 0 Å². The van der Waals surface area contributed by atoms with Crippen molar-refractivity contribution in [2.24, 2.45) is 5.92 Å². The summed E-state index contributed by atoms with van der Waals surface area (Å²) in [6.45, 7) is 6.12. The van der Waals surface area contributed by atoms with Crippen molar-refractivity contribution < 1.29 is 53.8 Å². The first-order valence-corrected chi connectivity index (χ1v) is 11.8. The third-order valence-electron chi connectivity index (χ3n) is 6.24. The van der Waals surface area contributed by atoms with E-state index in [0.717, 1.165) is 0 Å². The molecule has 0 radical (unpaired) electrons. The molecule has 0 spiro atoms. The van der Waals surface area contributed by atoms with Gasteiger partial charge in [0.2, 0.25) is 12.2 Å². The molecule has 2 aliphatic heterocycles. The number of aliphatic carboxylic acids is 1. The largest absolute Gasteiger partial charge is 0.479 e. The maximum atomic E-state index is 12.9. The Bertz CT molecular complexity index is 1020. The van der Waals surface area contributed by atoms with E-state index in [1.165, 1.54) is 30.0 Å². The number of aliphatic hydroxyl groups excluding tert-OH is 3. The summed E-state index contributed by atoms with van der Waals surface area (Å²) in [5.41, 5.74) is 0.540. The second-order valence-corrected chi connectivity index (χ2v) is 9.25. The van der Waals surface area contributed by atoms with Gasteiger partial charge in [-0.25, -0.2) is 9.59 Å². The maximum Gasteiger partial charge on any atom is 0.410 e. The SMILES string of the molecule is CC(=O)N1CCN(C(=O)OCc2ccc(O[C@@H]3O[C@H](C(=O)O)[C@@H](O)[C@H](O)[C@H]3O)c(C(=O)C(C)C)c2)CC1. The Hall–Kier alpha value is -3.26. The van der Waals surface area contributed by atoms with Gasteiger partial charge in [0.15, 0.2) is 11.9 Å². The minimum Gasteiger partial charge on any atom is -0.479 e. The van der Waals surface area contributed by atoms with Crippen molar-refractivity contribution in [3.8, 4) is 5.75 Å². The van der Waals surface area contributed by atoms with Crippen molar-refractivity contribution in [1.29, 1.82) is 0 Å². The molecule has 1 aromatic carbocycles. The fourth-order valence-electron chi connectivity index (χ4n) is 3.99. The minimum atomic E-state index is -1.88. The van der Waals surface area contributed by atoms with Crippen LogP contribution in [0.3, 0.4) is 0 Å². The lowest BCUT2D eigenvalue weighted by Gasteiger charge is -2.38. The topological polar surface area (TPSA) is 183 Å². The molecule has 2 saturated heterocycles. The van der Waals surface area contributed by atoms with Gasteiger partial charge in [-0.2, -0.15) is 0 Å². The van der Waals surface area contributed by atoms with Gasteiger partial charge in [-0.3, -0.25) is 9.59 Å². The van der Waals surface area contributed by atoms with Crippen LogP contribution >= 0.6 is 0 Å². The summed E-state index contributed by atoms with van der Waals surface area (Å²) < 4.78 is 16.1. The first kappa shape index (κ1) is 28.3. The molecule has 13 nitrogen and oxygen atoms in total. The summed E-state index contributed by atoms with van der Waals surface area (Å²) in [7, 11) is 0. The number of aliphatic hydroxyl groups is 3. The molecule has 0 unspecified atom stereocenters. The zero-order valence-corrected chi connectivity index (χ0v) is 20.8. The van der Waals surface area contributed by atoms with Crippen LogP contribution in [0.4, 0.5) is 4.79 Å². The molecule has 0 aromatic heterocycles. The maximum absolute atomic E-state index is 12.9. The van der Waals surface area contributed by atoms with E-state index in [-0.39, 0.29) is 29.6 Å². The number of hydrogen-bond acceptors (Lipinski definition) is 10. The lowest BCUT2D eigenvalue weighted by molar-refractivity contribution is -0.271. The lowest BCUT2D eigenvalue weighted by atomic mass is 9.97. The van der Waals surface area contributed by atoms with E-state index >= 15 is 0 Å². The van der Waals surface area contributed by atoms with Crippen LogP contribution in [0.25, 0.3) is 0 Å². The molecule has 2 amide bonds. The van der Waals surface area contributed by atoms with Gasteiger partial charge in [0.25, 0.3) is 0 Å². The molecule has 0 bridgehead atoms. The highest BCUT2D eigenvalue weighted by molar-refractivity contribution is 6.00. The Kier molecular flexibility index (Phi) is 9.07. The molecule has 3 rings (SSSR count). The minimum absolute atomic E-state index is 0.0501. The second-order valence-electron chi connectivity index (χ2n) is 9.25. The van der Waals surface area contributed by atoms with Crippen molar-refractivity contribution in [2.75, 3.05) is 26.2 Å². The molecule has 0 aliphatic carbocycles. The molecule has 2 fully saturated rings. The number of rotatable bonds is 7. The Labute approximate surface area is 213 Å². The number of carbonyl (C=O) groups is 4. The molecule has 1 aromatic rings. The predicted octanol–water partition coefficient (Wildman–Crippen LogP) is -0.403. The van der Waals surface area contributed by atoms with Crippen molar-refractivity contribution in [3.05, 3.63) is 29.3 Å². The van der Waals surface area contributed by atoms with Crippen molar-refractivity contribution in [1.82, 2.24) is 9.80 Å². The predicted molar refractivity (Wildman–Crippen MR) is 125 cm³/mol. The quantitative estimate of drug-likeness (QED) is 0.340. The van der Waals surface area contributed by atoms with E-state index < -0.39 is 48.7 Å². The number of carbonyl (C=O) groups excluding carboxylic acids is 3. The molecule has 5 atom stereocenters. The van der Waals surface area contributed by atoms with Gasteiger partial charge in [-0.15, -0.1) is 0 Å². The van der Waals surface area contributed by atoms with Gasteiger partial charge in [0.05, 0.1) is 5.56 Å². The number of benzene rings is 1. The van der Waals surface area contributed by atoms with Crippen molar-refractivity contribution in [3.63, 3.8) is 0 Å². The monoisotopic (exact) mass is 524 g/mol. The number of ketones is 1. The van der Waals surface area contributed by atoms with Crippen LogP contribution in [-0.2, 0) is 25.7 Å². The molecule has 2 heterocycles. The molecule has 0 saturated carbocycles. The summed E-state index contributed by atoms with van der Waals surface area (Å²) >= 11 is 0. The van der Waals surface area contributed by atoms with Crippen molar-refractivity contribution >= 4 is 23.8 Å². The van der Waals surface area contributed by atoms with Crippen LogP contribution in [0.2, 0.25) is 0 Å². The average molecular weight is 525 g/mol. The first-order chi connectivity index (χ1) is 17.4. The standard InChI is InChI=1S/C24H32N2O11/c1-12(2)17(28)15-10-14(11-35-24(34)26-8-6-25(7-9-26)13(3)27)4-5-16(15)36-23-20(31)18(29)19(30)21(37-23)22(32)33/h4-5,10,12,18-21,23,29-31H,6-9,11H2,1-3H3,(H,32,33)/t18-,19-,20+,21-,23+/m0/s1. The van der Waals surface area contributed by atoms with Gasteiger partial charge in [-0.05, 0) is 17.7 Å². The fraction of sp³-hybridized carbons (Fsp3) is 0.583. The molecule has 2 aliphatic rings. The number of piperazine rings is 1. The molecular formula is C24H32N2O11. The third-order valence-corrected chi connectivity index (χ3v) is 6.24. The van der Waals surface area contributed by atoms with Crippen LogP contribution in [-0.4, -0.2) is 111 Å². The van der Waals surface area contributed by atoms with Crippen LogP contribution < -0.4 is 4.74 Å². The fourth-order valence-corrected chi connectivity index (χ4v) is 3.99. The van der Waals surface area contributed by atoms with Gasteiger partial charge in [-0.1, -0.05) is 19.9 Å². The number of ether oxygens (including phenoxy) is 3. The Morgan fingerprint density at radius 3 is 2.19 bits per heavy atom. The lowest BCUT2D eigenvalue weighted by Crippen LogP contribution is -2.61. The molecule has 37 heavy (non-hydrogen) atoms. The van der Waals surface area contributed by atoms with E-state index in [4.69, 9.17) is 14.2 Å². The number of hydrogen-bond donors (Lipinski definition) is 4. The van der Waals surface area contributed by atoms with Gasteiger partial charge in [0, 0.05) is 39.0 Å². The molecule has 4 N–H and O–H groups in total. The third kappa shape index (κ3) is 6.55. The highest BCUT2D eigenvalue weighted by Crippen LogP contribution is 2.29. The summed E-state index contributed by atoms with van der Waals surface area (Å²) in [5.74, 6) is -2.48. The Balaban J connectivity index is 1.73. The van der Waals surface area contributed by atoms with Crippen LogP contribution in [0.15, 0.2) is 18.2 Å². The van der Waals surface area contributed by atoms with E-state index in [0.29, 0.717) is 31.7 Å². The van der Waals surface area contributed by atoms with Gasteiger partial charge in [0.1, 0.15) is 30.7 Å². The van der Waals surface area contributed by atoms with Crippen LogP contribution in [0, 0.1) is 5.92 Å². The van der Waals surface area contributed by atoms with E-state index in [1.54, 1.807) is 18.7 Å². The van der Waals surface area contributed by atoms with E-state index in [9.17, 15) is 39.6 Å².